The fraction of sp³-hybridized carbons (Fsp3) is 0.429. The molecular formula is C14H18O6. The van der Waals surface area contributed by atoms with Crippen molar-refractivity contribution in [1.82, 2.24) is 0 Å². The molecule has 0 bridgehead atoms. The van der Waals surface area contributed by atoms with E-state index in [2.05, 4.69) is 4.89 Å². The van der Waals surface area contributed by atoms with Gasteiger partial charge in [-0.15, -0.1) is 0 Å². The van der Waals surface area contributed by atoms with E-state index in [1.807, 2.05) is 0 Å². The second-order valence-electron chi connectivity index (χ2n) is 3.75. The largest absolute Gasteiger partial charge is 0.463 e. The van der Waals surface area contributed by atoms with E-state index < -0.39 is 5.97 Å². The number of esters is 1. The molecule has 6 nitrogen and oxygen atoms in total. The van der Waals surface area contributed by atoms with Crippen LogP contribution in [0.4, 0.5) is 0 Å². The standard InChI is InChI=1S/C14H18O6/c1-2-13(15)18-10-8-17-9-11-19-20-14(16)12-6-4-3-5-7-12/h3-7H,2,8-11H2,1H3. The van der Waals surface area contributed by atoms with Gasteiger partial charge in [0.15, 0.2) is 0 Å². The van der Waals surface area contributed by atoms with Gasteiger partial charge in [-0.3, -0.25) is 9.68 Å². The molecule has 0 spiro atoms. The van der Waals surface area contributed by atoms with Crippen LogP contribution < -0.4 is 0 Å². The van der Waals surface area contributed by atoms with Crippen molar-refractivity contribution in [2.45, 2.75) is 13.3 Å². The number of carbonyl (C=O) groups is 2. The smallest absolute Gasteiger partial charge is 0.373 e. The van der Waals surface area contributed by atoms with E-state index >= 15 is 0 Å². The van der Waals surface area contributed by atoms with Crippen LogP contribution in [0, 0.1) is 0 Å². The Hall–Kier alpha value is -1.92. The van der Waals surface area contributed by atoms with Gasteiger partial charge in [0, 0.05) is 6.42 Å². The average Bonchev–Trinajstić information content (AvgIpc) is 2.50. The topological polar surface area (TPSA) is 71.1 Å². The molecule has 0 atom stereocenters. The lowest BCUT2D eigenvalue weighted by Crippen LogP contribution is -2.13. The highest BCUT2D eigenvalue weighted by Crippen LogP contribution is 2.01. The molecule has 1 aromatic rings. The van der Waals surface area contributed by atoms with Gasteiger partial charge < -0.3 is 9.47 Å². The number of ether oxygens (including phenoxy) is 2. The van der Waals surface area contributed by atoms with Crippen molar-refractivity contribution in [3.05, 3.63) is 35.9 Å². The first-order chi connectivity index (χ1) is 9.74. The summed E-state index contributed by atoms with van der Waals surface area (Å²) in [6, 6.07) is 8.53. The van der Waals surface area contributed by atoms with Crippen molar-refractivity contribution in [3.63, 3.8) is 0 Å². The molecule has 6 heteroatoms. The molecule has 0 heterocycles. The fourth-order valence-corrected chi connectivity index (χ4v) is 1.23. The van der Waals surface area contributed by atoms with Crippen molar-refractivity contribution in [1.29, 1.82) is 0 Å². The number of rotatable bonds is 9. The predicted molar refractivity (Wildman–Crippen MR) is 69.9 cm³/mol. The number of hydrogen-bond donors (Lipinski definition) is 0. The van der Waals surface area contributed by atoms with E-state index in [9.17, 15) is 9.59 Å². The first-order valence-electron chi connectivity index (χ1n) is 6.36. The van der Waals surface area contributed by atoms with Crippen LogP contribution in [0.25, 0.3) is 0 Å². The van der Waals surface area contributed by atoms with Gasteiger partial charge in [-0.25, -0.2) is 4.79 Å². The van der Waals surface area contributed by atoms with E-state index in [0.29, 0.717) is 12.0 Å². The van der Waals surface area contributed by atoms with Crippen LogP contribution in [0.2, 0.25) is 0 Å². The summed E-state index contributed by atoms with van der Waals surface area (Å²) in [5.41, 5.74) is 0.417. The summed E-state index contributed by atoms with van der Waals surface area (Å²) in [6.07, 6.45) is 0.346. The van der Waals surface area contributed by atoms with Crippen LogP contribution >= 0.6 is 0 Å². The summed E-state index contributed by atoms with van der Waals surface area (Å²) in [5, 5.41) is 0. The van der Waals surface area contributed by atoms with Crippen LogP contribution in [0.3, 0.4) is 0 Å². The molecule has 0 radical (unpaired) electrons. The van der Waals surface area contributed by atoms with E-state index in [1.54, 1.807) is 37.3 Å². The molecule has 0 saturated carbocycles. The highest BCUT2D eigenvalue weighted by Gasteiger charge is 2.06. The molecule has 0 aliphatic carbocycles. The minimum Gasteiger partial charge on any atom is -0.463 e. The van der Waals surface area contributed by atoms with E-state index in [-0.39, 0.29) is 32.4 Å². The second-order valence-corrected chi connectivity index (χ2v) is 3.75. The molecule has 0 N–H and O–H groups in total. The second kappa shape index (κ2) is 9.94. The first kappa shape index (κ1) is 16.1. The lowest BCUT2D eigenvalue weighted by atomic mass is 10.2. The normalized spacial score (nSPS) is 10.1. The van der Waals surface area contributed by atoms with Crippen LogP contribution in [-0.4, -0.2) is 38.4 Å². The van der Waals surface area contributed by atoms with Gasteiger partial charge in [-0.05, 0) is 12.1 Å². The lowest BCUT2D eigenvalue weighted by Gasteiger charge is -2.05. The third kappa shape index (κ3) is 6.86. The van der Waals surface area contributed by atoms with Crippen molar-refractivity contribution >= 4 is 11.9 Å². The summed E-state index contributed by atoms with van der Waals surface area (Å²) in [4.78, 5) is 31.5. The third-order valence-corrected chi connectivity index (χ3v) is 2.23. The zero-order valence-electron chi connectivity index (χ0n) is 11.4. The molecule has 0 saturated heterocycles. The Morgan fingerprint density at radius 1 is 1.00 bits per heavy atom. The summed E-state index contributed by atoms with van der Waals surface area (Å²) in [7, 11) is 0. The Kier molecular flexibility index (Phi) is 8.02. The molecule has 0 fully saturated rings. The Labute approximate surface area is 117 Å². The maximum absolute atomic E-state index is 11.4. The van der Waals surface area contributed by atoms with E-state index in [4.69, 9.17) is 14.4 Å². The maximum atomic E-state index is 11.4. The highest BCUT2D eigenvalue weighted by molar-refractivity contribution is 5.88. The molecule has 20 heavy (non-hydrogen) atoms. The average molecular weight is 282 g/mol. The van der Waals surface area contributed by atoms with Crippen molar-refractivity contribution in [2.75, 3.05) is 26.4 Å². The summed E-state index contributed by atoms with van der Waals surface area (Å²) in [5.74, 6) is -0.816. The Morgan fingerprint density at radius 2 is 1.70 bits per heavy atom. The molecule has 0 amide bonds. The molecule has 1 rings (SSSR count). The van der Waals surface area contributed by atoms with Gasteiger partial charge >= 0.3 is 11.9 Å². The van der Waals surface area contributed by atoms with E-state index in [1.165, 1.54) is 0 Å². The van der Waals surface area contributed by atoms with Crippen molar-refractivity contribution < 1.29 is 28.8 Å². The third-order valence-electron chi connectivity index (χ3n) is 2.23. The lowest BCUT2D eigenvalue weighted by molar-refractivity contribution is -0.247. The van der Waals surface area contributed by atoms with Crippen LogP contribution in [-0.2, 0) is 24.0 Å². The van der Waals surface area contributed by atoms with Gasteiger partial charge in [0.05, 0.1) is 18.8 Å². The summed E-state index contributed by atoms with van der Waals surface area (Å²) in [6.45, 7) is 2.56. The Bertz CT molecular complexity index is 403. The summed E-state index contributed by atoms with van der Waals surface area (Å²) < 4.78 is 9.93. The molecular weight excluding hydrogens is 264 g/mol. The maximum Gasteiger partial charge on any atom is 0.373 e. The number of hydrogen-bond acceptors (Lipinski definition) is 6. The number of benzene rings is 1. The first-order valence-corrected chi connectivity index (χ1v) is 6.36. The monoisotopic (exact) mass is 282 g/mol. The quantitative estimate of drug-likeness (QED) is 0.297. The van der Waals surface area contributed by atoms with Gasteiger partial charge in [0.25, 0.3) is 0 Å². The molecule has 0 aliphatic rings. The zero-order chi connectivity index (χ0) is 14.6. The molecule has 1 aromatic carbocycles. The van der Waals surface area contributed by atoms with Crippen LogP contribution in [0.15, 0.2) is 30.3 Å². The van der Waals surface area contributed by atoms with Gasteiger partial charge in [-0.2, -0.15) is 4.89 Å². The van der Waals surface area contributed by atoms with E-state index in [0.717, 1.165) is 0 Å². The van der Waals surface area contributed by atoms with Crippen molar-refractivity contribution in [2.24, 2.45) is 0 Å². The van der Waals surface area contributed by atoms with Gasteiger partial charge in [-0.1, -0.05) is 25.1 Å². The minimum absolute atomic E-state index is 0.111. The number of carbonyl (C=O) groups excluding carboxylic acids is 2. The predicted octanol–water partition coefficient (Wildman–Crippen LogP) is 1.74. The zero-order valence-corrected chi connectivity index (χ0v) is 11.4. The molecule has 0 aromatic heterocycles. The molecule has 110 valence electrons. The van der Waals surface area contributed by atoms with Gasteiger partial charge in [0.2, 0.25) is 0 Å². The van der Waals surface area contributed by atoms with Crippen LogP contribution in [0.1, 0.15) is 23.7 Å². The minimum atomic E-state index is -0.553. The Morgan fingerprint density at radius 3 is 2.40 bits per heavy atom. The molecule has 0 aliphatic heterocycles. The highest BCUT2D eigenvalue weighted by atomic mass is 17.2. The fourth-order valence-electron chi connectivity index (χ4n) is 1.23. The molecule has 0 unspecified atom stereocenters. The Balaban J connectivity index is 1.97. The van der Waals surface area contributed by atoms with Gasteiger partial charge in [0.1, 0.15) is 13.2 Å². The summed E-state index contributed by atoms with van der Waals surface area (Å²) >= 11 is 0. The van der Waals surface area contributed by atoms with Crippen molar-refractivity contribution in [3.8, 4) is 0 Å². The van der Waals surface area contributed by atoms with Crippen LogP contribution in [0.5, 0.6) is 0 Å². The SMILES string of the molecule is CCC(=O)OCCOCCOOC(=O)c1ccccc1.